The van der Waals surface area contributed by atoms with Gasteiger partial charge in [0.1, 0.15) is 12.4 Å². The van der Waals surface area contributed by atoms with Crippen LogP contribution in [0.25, 0.3) is 0 Å². The van der Waals surface area contributed by atoms with Crippen LogP contribution in [-0.4, -0.2) is 21.6 Å². The van der Waals surface area contributed by atoms with Gasteiger partial charge in [0, 0.05) is 5.69 Å². The van der Waals surface area contributed by atoms with E-state index in [1.807, 2.05) is 0 Å². The van der Waals surface area contributed by atoms with Crippen molar-refractivity contribution in [2.24, 2.45) is 0 Å². The summed E-state index contributed by atoms with van der Waals surface area (Å²) in [4.78, 5) is 12.3. The van der Waals surface area contributed by atoms with Gasteiger partial charge in [-0.25, -0.2) is 0 Å². The van der Waals surface area contributed by atoms with Crippen LogP contribution < -0.4 is 15.4 Å². The average Bonchev–Trinajstić information content (AvgIpc) is 3.18. The number of ether oxygens (including phenoxy) is 1. The summed E-state index contributed by atoms with van der Waals surface area (Å²) in [7, 11) is 0. The molecule has 3 rings (SSSR count). The van der Waals surface area contributed by atoms with Crippen LogP contribution in [0.1, 0.15) is 11.3 Å². The fraction of sp³-hybridized carbons (Fsp3) is 0.167. The van der Waals surface area contributed by atoms with Gasteiger partial charge in [-0.15, -0.1) is 0 Å². The van der Waals surface area contributed by atoms with Crippen molar-refractivity contribution >= 4 is 17.6 Å². The molecular formula is C18H16F3N5O2. The molecule has 7 nitrogen and oxygen atoms in total. The van der Waals surface area contributed by atoms with E-state index >= 15 is 0 Å². The van der Waals surface area contributed by atoms with Crippen molar-refractivity contribution in [2.45, 2.75) is 12.7 Å². The van der Waals surface area contributed by atoms with Gasteiger partial charge in [-0.05, 0) is 30.3 Å². The van der Waals surface area contributed by atoms with Gasteiger partial charge in [-0.1, -0.05) is 18.7 Å². The number of nitrogens with zero attached hydrogens (tertiary/aromatic N) is 3. The molecule has 0 amide bonds. The van der Waals surface area contributed by atoms with E-state index in [-0.39, 0.29) is 30.2 Å². The summed E-state index contributed by atoms with van der Waals surface area (Å²) >= 11 is 0. The highest BCUT2D eigenvalue weighted by Gasteiger charge is 2.30. The summed E-state index contributed by atoms with van der Waals surface area (Å²) in [6.45, 7) is 4.01. The molecule has 0 atom stereocenters. The van der Waals surface area contributed by atoms with E-state index in [0.717, 1.165) is 12.1 Å². The molecule has 28 heavy (non-hydrogen) atoms. The van der Waals surface area contributed by atoms with Crippen molar-refractivity contribution < 1.29 is 22.3 Å². The lowest BCUT2D eigenvalue weighted by Crippen LogP contribution is -2.10. The minimum Gasteiger partial charge on any atom is -0.467 e. The van der Waals surface area contributed by atoms with E-state index in [4.69, 9.17) is 9.15 Å². The van der Waals surface area contributed by atoms with Gasteiger partial charge < -0.3 is 19.8 Å². The van der Waals surface area contributed by atoms with Crippen LogP contribution in [0.4, 0.5) is 30.8 Å². The average molecular weight is 391 g/mol. The third kappa shape index (κ3) is 5.22. The second kappa shape index (κ2) is 8.42. The molecule has 2 N–H and O–H groups in total. The fourth-order valence-electron chi connectivity index (χ4n) is 2.17. The standard InChI is InChI=1S/C18H16F3N5O2/c1-2-8-28-17-25-15(22-11-14-7-4-9-27-14)24-16(26-17)23-13-6-3-5-12(10-13)18(19,20)21/h2-7,9-10H,1,8,11H2,(H2,22,23,24,25,26). The number of halogens is 3. The Hall–Kier alpha value is -3.56. The number of furan rings is 1. The summed E-state index contributed by atoms with van der Waals surface area (Å²) < 4.78 is 49.2. The Kier molecular flexibility index (Phi) is 5.78. The molecule has 0 aliphatic heterocycles. The second-order valence-electron chi connectivity index (χ2n) is 5.50. The zero-order valence-electron chi connectivity index (χ0n) is 14.5. The smallest absolute Gasteiger partial charge is 0.416 e. The van der Waals surface area contributed by atoms with E-state index in [2.05, 4.69) is 32.2 Å². The maximum atomic E-state index is 12.9. The Morgan fingerprint density at radius 1 is 1.11 bits per heavy atom. The number of nitrogens with one attached hydrogen (secondary N) is 2. The van der Waals surface area contributed by atoms with Crippen molar-refractivity contribution in [3.05, 3.63) is 66.6 Å². The van der Waals surface area contributed by atoms with Crippen molar-refractivity contribution in [2.75, 3.05) is 17.2 Å². The second-order valence-corrected chi connectivity index (χ2v) is 5.50. The number of alkyl halides is 3. The van der Waals surface area contributed by atoms with Crippen LogP contribution in [0.15, 0.2) is 59.7 Å². The van der Waals surface area contributed by atoms with Crippen LogP contribution in [-0.2, 0) is 12.7 Å². The van der Waals surface area contributed by atoms with Gasteiger partial charge >= 0.3 is 12.2 Å². The molecule has 2 aromatic heterocycles. The number of benzene rings is 1. The van der Waals surface area contributed by atoms with Crippen LogP contribution >= 0.6 is 0 Å². The molecule has 3 aromatic rings. The summed E-state index contributed by atoms with van der Waals surface area (Å²) in [6.07, 6.45) is -1.41. The lowest BCUT2D eigenvalue weighted by atomic mass is 10.2. The first kappa shape index (κ1) is 19.2. The summed E-state index contributed by atoms with van der Waals surface area (Å²) in [6, 6.07) is 8.20. The highest BCUT2D eigenvalue weighted by atomic mass is 19.4. The third-order valence-electron chi connectivity index (χ3n) is 3.39. The molecule has 0 saturated heterocycles. The maximum absolute atomic E-state index is 12.9. The highest BCUT2D eigenvalue weighted by Crippen LogP contribution is 2.31. The van der Waals surface area contributed by atoms with Crippen LogP contribution in [0.3, 0.4) is 0 Å². The highest BCUT2D eigenvalue weighted by molar-refractivity contribution is 5.55. The monoisotopic (exact) mass is 391 g/mol. The lowest BCUT2D eigenvalue weighted by molar-refractivity contribution is -0.137. The van der Waals surface area contributed by atoms with E-state index in [1.165, 1.54) is 24.5 Å². The fourth-order valence-corrected chi connectivity index (χ4v) is 2.17. The van der Waals surface area contributed by atoms with Gasteiger partial charge in [0.15, 0.2) is 0 Å². The van der Waals surface area contributed by atoms with E-state index in [0.29, 0.717) is 12.3 Å². The zero-order valence-corrected chi connectivity index (χ0v) is 14.5. The SMILES string of the molecule is C=CCOc1nc(NCc2ccco2)nc(Nc2cccc(C(F)(F)F)c2)n1. The molecule has 2 heterocycles. The number of hydrogen-bond donors (Lipinski definition) is 2. The summed E-state index contributed by atoms with van der Waals surface area (Å²) in [5.74, 6) is 0.844. The van der Waals surface area contributed by atoms with E-state index in [1.54, 1.807) is 12.1 Å². The van der Waals surface area contributed by atoms with Crippen LogP contribution in [0.5, 0.6) is 6.01 Å². The Labute approximate surface area is 158 Å². The van der Waals surface area contributed by atoms with Crippen molar-refractivity contribution in [3.63, 3.8) is 0 Å². The van der Waals surface area contributed by atoms with Crippen molar-refractivity contribution in [3.8, 4) is 6.01 Å². The van der Waals surface area contributed by atoms with Crippen molar-refractivity contribution in [1.29, 1.82) is 0 Å². The molecule has 0 unspecified atom stereocenters. The van der Waals surface area contributed by atoms with Gasteiger partial charge in [0.25, 0.3) is 0 Å². The summed E-state index contributed by atoms with van der Waals surface area (Å²) in [5, 5.41) is 5.68. The minimum atomic E-state index is -4.45. The lowest BCUT2D eigenvalue weighted by Gasteiger charge is -2.11. The normalized spacial score (nSPS) is 11.1. The predicted molar refractivity (Wildman–Crippen MR) is 96.3 cm³/mol. The molecule has 0 radical (unpaired) electrons. The number of anilines is 3. The zero-order chi connectivity index (χ0) is 20.0. The molecule has 0 spiro atoms. The summed E-state index contributed by atoms with van der Waals surface area (Å²) in [5.41, 5.74) is -0.612. The molecule has 146 valence electrons. The molecule has 0 fully saturated rings. The topological polar surface area (TPSA) is 85.1 Å². The molecule has 0 aliphatic rings. The first-order chi connectivity index (χ1) is 13.4. The van der Waals surface area contributed by atoms with Gasteiger partial charge in [0.2, 0.25) is 11.9 Å². The van der Waals surface area contributed by atoms with Crippen molar-refractivity contribution in [1.82, 2.24) is 15.0 Å². The van der Waals surface area contributed by atoms with Crippen LogP contribution in [0.2, 0.25) is 0 Å². The number of hydrogen-bond acceptors (Lipinski definition) is 7. The quantitative estimate of drug-likeness (QED) is 0.551. The molecule has 0 bridgehead atoms. The third-order valence-corrected chi connectivity index (χ3v) is 3.39. The Bertz CT molecular complexity index is 929. The van der Waals surface area contributed by atoms with Gasteiger partial charge in [0.05, 0.1) is 18.4 Å². The largest absolute Gasteiger partial charge is 0.467 e. The van der Waals surface area contributed by atoms with E-state index < -0.39 is 11.7 Å². The maximum Gasteiger partial charge on any atom is 0.416 e. The molecule has 1 aromatic carbocycles. The van der Waals surface area contributed by atoms with E-state index in [9.17, 15) is 13.2 Å². The predicted octanol–water partition coefficient (Wildman–Crippen LogP) is 4.40. The number of rotatable bonds is 8. The Morgan fingerprint density at radius 3 is 2.64 bits per heavy atom. The van der Waals surface area contributed by atoms with Gasteiger partial charge in [-0.2, -0.15) is 28.1 Å². The first-order valence-corrected chi connectivity index (χ1v) is 8.14. The Morgan fingerprint density at radius 2 is 1.93 bits per heavy atom. The number of aromatic nitrogens is 3. The first-order valence-electron chi connectivity index (χ1n) is 8.14. The minimum absolute atomic E-state index is 0.00804. The molecule has 0 saturated carbocycles. The van der Waals surface area contributed by atoms with Gasteiger partial charge in [-0.3, -0.25) is 0 Å². The molecule has 0 aliphatic carbocycles. The molecule has 10 heteroatoms. The van der Waals surface area contributed by atoms with Crippen LogP contribution in [0, 0.1) is 0 Å². The molecular weight excluding hydrogens is 375 g/mol. The Balaban J connectivity index is 1.82.